The molecule has 0 radical (unpaired) electrons. The quantitative estimate of drug-likeness (QED) is 0.466. The van der Waals surface area contributed by atoms with Crippen molar-refractivity contribution in [3.63, 3.8) is 0 Å². The van der Waals surface area contributed by atoms with Gasteiger partial charge in [0.15, 0.2) is 10.9 Å². The van der Waals surface area contributed by atoms with Gasteiger partial charge in [-0.3, -0.25) is 9.59 Å². The van der Waals surface area contributed by atoms with E-state index in [9.17, 15) is 14.0 Å². The molecule has 4 rings (SSSR count). The monoisotopic (exact) mass is 442 g/mol. The first-order chi connectivity index (χ1) is 14.9. The summed E-state index contributed by atoms with van der Waals surface area (Å²) < 4.78 is 19.6. The van der Waals surface area contributed by atoms with E-state index in [1.54, 1.807) is 24.1 Å². The van der Waals surface area contributed by atoms with Gasteiger partial charge in [0, 0.05) is 37.8 Å². The minimum absolute atomic E-state index is 0.0232. The molecular formula is C22H23FN4O3S. The lowest BCUT2D eigenvalue weighted by atomic mass is 10.1. The highest BCUT2D eigenvalue weighted by Gasteiger charge is 2.23. The molecule has 0 saturated carbocycles. The average Bonchev–Trinajstić information content (AvgIpc) is 3.19. The molecule has 9 heteroatoms. The third-order valence-electron chi connectivity index (χ3n) is 5.33. The zero-order chi connectivity index (χ0) is 22.0. The fourth-order valence-corrected chi connectivity index (χ4v) is 4.35. The van der Waals surface area contributed by atoms with Crippen molar-refractivity contribution in [2.45, 2.75) is 12.1 Å². The van der Waals surface area contributed by atoms with E-state index in [0.717, 1.165) is 16.8 Å². The number of carbonyl (C=O) groups is 2. The summed E-state index contributed by atoms with van der Waals surface area (Å²) in [6, 6.07) is 10.1. The maximum Gasteiger partial charge on any atom is 0.233 e. The van der Waals surface area contributed by atoms with Crippen LogP contribution < -0.4 is 9.64 Å². The fraction of sp³-hybridized carbons (Fsp3) is 0.318. The first kappa shape index (κ1) is 21.2. The Bertz CT molecular complexity index is 1130. The number of hydrogen-bond acceptors (Lipinski definition) is 6. The summed E-state index contributed by atoms with van der Waals surface area (Å²) in [5, 5.41) is 0.683. The number of nitrogens with zero attached hydrogens (tertiary/aromatic N) is 3. The van der Waals surface area contributed by atoms with Crippen molar-refractivity contribution < 1.29 is 18.7 Å². The minimum atomic E-state index is -0.412. The second-order valence-corrected chi connectivity index (χ2v) is 8.27. The number of aromatic nitrogens is 2. The summed E-state index contributed by atoms with van der Waals surface area (Å²) in [5.74, 6) is 0.467. The number of ketones is 1. The molecule has 0 aliphatic carbocycles. The Kier molecular flexibility index (Phi) is 6.13. The van der Waals surface area contributed by atoms with Gasteiger partial charge in [0.25, 0.3) is 0 Å². The number of benzene rings is 2. The predicted molar refractivity (Wildman–Crippen MR) is 119 cm³/mol. The number of ether oxygens (including phenoxy) is 1. The van der Waals surface area contributed by atoms with Crippen molar-refractivity contribution in [2.75, 3.05) is 43.9 Å². The molecule has 1 aliphatic heterocycles. The number of methoxy groups -OCH3 is 1. The number of halogens is 1. The Morgan fingerprint density at radius 2 is 1.94 bits per heavy atom. The first-order valence-electron chi connectivity index (χ1n) is 9.94. The van der Waals surface area contributed by atoms with Crippen LogP contribution in [-0.4, -0.2) is 65.6 Å². The maximum atomic E-state index is 14.4. The number of fused-ring (bicyclic) bond motifs is 1. The van der Waals surface area contributed by atoms with Gasteiger partial charge < -0.3 is 19.5 Å². The van der Waals surface area contributed by atoms with Gasteiger partial charge in [-0.2, -0.15) is 0 Å². The summed E-state index contributed by atoms with van der Waals surface area (Å²) >= 11 is 1.36. The maximum absolute atomic E-state index is 14.4. The van der Waals surface area contributed by atoms with Crippen LogP contribution in [0.15, 0.2) is 41.6 Å². The van der Waals surface area contributed by atoms with Crippen LogP contribution in [0.4, 0.5) is 10.1 Å². The van der Waals surface area contributed by atoms with Crippen molar-refractivity contribution in [3.05, 3.63) is 47.8 Å². The largest absolute Gasteiger partial charge is 0.497 e. The smallest absolute Gasteiger partial charge is 0.233 e. The summed E-state index contributed by atoms with van der Waals surface area (Å²) in [6.07, 6.45) is 0. The van der Waals surface area contributed by atoms with Crippen molar-refractivity contribution in [2.24, 2.45) is 0 Å². The van der Waals surface area contributed by atoms with Gasteiger partial charge in [-0.15, -0.1) is 0 Å². The molecule has 0 bridgehead atoms. The number of aromatic amines is 1. The Balaban J connectivity index is 1.32. The molecule has 2 heterocycles. The minimum Gasteiger partial charge on any atom is -0.497 e. The Hall–Kier alpha value is -3.07. The summed E-state index contributed by atoms with van der Waals surface area (Å²) in [5.41, 5.74) is 2.50. The molecule has 0 unspecified atom stereocenters. The molecule has 3 aromatic rings. The third-order valence-corrected chi connectivity index (χ3v) is 6.19. The standard InChI is InChI=1S/C22H23FN4O3S/c1-14(28)15-3-6-20(17(23)11-15)26-7-9-27(10-8-26)21(29)13-31-22-24-18-5-4-16(30-2)12-19(18)25-22/h3-6,11-12H,7-10,13H2,1-2H3,(H,24,25). The Morgan fingerprint density at radius 1 is 1.16 bits per heavy atom. The fourth-order valence-electron chi connectivity index (χ4n) is 3.56. The van der Waals surface area contributed by atoms with Crippen molar-refractivity contribution >= 4 is 40.2 Å². The molecule has 0 spiro atoms. The number of hydrogen-bond donors (Lipinski definition) is 1. The SMILES string of the molecule is COc1ccc2nc(SCC(=O)N3CCN(c4ccc(C(C)=O)cc4F)CC3)[nH]c2c1. The van der Waals surface area contributed by atoms with E-state index in [1.807, 2.05) is 23.1 Å². The lowest BCUT2D eigenvalue weighted by molar-refractivity contribution is -0.128. The van der Waals surface area contributed by atoms with Gasteiger partial charge in [0.05, 0.1) is 29.6 Å². The normalized spacial score (nSPS) is 14.2. The number of thioether (sulfide) groups is 1. The number of rotatable bonds is 6. The number of piperazine rings is 1. The van der Waals surface area contributed by atoms with E-state index in [4.69, 9.17) is 4.74 Å². The predicted octanol–water partition coefficient (Wildman–Crippen LogP) is 3.35. The molecule has 0 atom stereocenters. The Labute approximate surface area is 183 Å². The second-order valence-electron chi connectivity index (χ2n) is 7.30. The van der Waals surface area contributed by atoms with E-state index < -0.39 is 5.82 Å². The van der Waals surface area contributed by atoms with E-state index >= 15 is 0 Å². The number of nitrogens with one attached hydrogen (secondary N) is 1. The van der Waals surface area contributed by atoms with Gasteiger partial charge in [0.1, 0.15) is 11.6 Å². The third kappa shape index (κ3) is 4.66. The molecule has 31 heavy (non-hydrogen) atoms. The van der Waals surface area contributed by atoms with Gasteiger partial charge in [-0.25, -0.2) is 9.37 Å². The number of imidazole rings is 1. The summed E-state index contributed by atoms with van der Waals surface area (Å²) in [4.78, 5) is 35.4. The van der Waals surface area contributed by atoms with Crippen LogP contribution in [0.5, 0.6) is 5.75 Å². The van der Waals surface area contributed by atoms with Gasteiger partial charge in [0.2, 0.25) is 5.91 Å². The molecule has 7 nitrogen and oxygen atoms in total. The molecule has 1 aromatic heterocycles. The Morgan fingerprint density at radius 3 is 2.61 bits per heavy atom. The molecule has 162 valence electrons. The number of amides is 1. The number of Topliss-reactive ketones (excluding diaryl/α,β-unsaturated/α-hetero) is 1. The highest BCUT2D eigenvalue weighted by molar-refractivity contribution is 7.99. The molecule has 1 N–H and O–H groups in total. The number of H-pyrrole nitrogens is 1. The van der Waals surface area contributed by atoms with Crippen molar-refractivity contribution in [1.82, 2.24) is 14.9 Å². The van der Waals surface area contributed by atoms with Crippen LogP contribution >= 0.6 is 11.8 Å². The van der Waals surface area contributed by atoms with Crippen LogP contribution in [0.2, 0.25) is 0 Å². The number of anilines is 1. The molecule has 1 aliphatic rings. The zero-order valence-corrected chi connectivity index (χ0v) is 18.2. The van der Waals surface area contributed by atoms with Crippen LogP contribution in [0.3, 0.4) is 0 Å². The van der Waals surface area contributed by atoms with Gasteiger partial charge >= 0.3 is 0 Å². The molecule has 2 aromatic carbocycles. The lowest BCUT2D eigenvalue weighted by Gasteiger charge is -2.36. The van der Waals surface area contributed by atoms with E-state index in [1.165, 1.54) is 24.8 Å². The van der Waals surface area contributed by atoms with E-state index in [0.29, 0.717) is 42.6 Å². The molecule has 1 fully saturated rings. The summed E-state index contributed by atoms with van der Waals surface area (Å²) in [7, 11) is 1.61. The van der Waals surface area contributed by atoms with Crippen LogP contribution in [-0.2, 0) is 4.79 Å². The number of carbonyl (C=O) groups excluding carboxylic acids is 2. The van der Waals surface area contributed by atoms with Crippen molar-refractivity contribution in [3.8, 4) is 5.75 Å². The molecule has 1 saturated heterocycles. The average molecular weight is 443 g/mol. The first-order valence-corrected chi connectivity index (χ1v) is 10.9. The van der Waals surface area contributed by atoms with Crippen LogP contribution in [0.25, 0.3) is 11.0 Å². The lowest BCUT2D eigenvalue weighted by Crippen LogP contribution is -2.49. The van der Waals surface area contributed by atoms with Crippen molar-refractivity contribution in [1.29, 1.82) is 0 Å². The highest BCUT2D eigenvalue weighted by atomic mass is 32.2. The summed E-state index contributed by atoms with van der Waals surface area (Å²) in [6.45, 7) is 3.53. The highest BCUT2D eigenvalue weighted by Crippen LogP contribution is 2.25. The topological polar surface area (TPSA) is 78.5 Å². The molecule has 1 amide bonds. The van der Waals surface area contributed by atoms with E-state index in [2.05, 4.69) is 9.97 Å². The van der Waals surface area contributed by atoms with Gasteiger partial charge in [-0.1, -0.05) is 11.8 Å². The van der Waals surface area contributed by atoms with Crippen LogP contribution in [0, 0.1) is 5.82 Å². The van der Waals surface area contributed by atoms with Gasteiger partial charge in [-0.05, 0) is 37.3 Å². The molecular weight excluding hydrogens is 419 g/mol. The zero-order valence-electron chi connectivity index (χ0n) is 17.4. The van der Waals surface area contributed by atoms with E-state index in [-0.39, 0.29) is 17.4 Å². The second kappa shape index (κ2) is 8.97. The van der Waals surface area contributed by atoms with Crippen LogP contribution in [0.1, 0.15) is 17.3 Å².